The van der Waals surface area contributed by atoms with Gasteiger partial charge in [-0.25, -0.2) is 0 Å². The zero-order valence-electron chi connectivity index (χ0n) is 22.3. The second kappa shape index (κ2) is 10.5. The summed E-state index contributed by atoms with van der Waals surface area (Å²) < 4.78 is 0. The van der Waals surface area contributed by atoms with Crippen LogP contribution in [-0.2, 0) is 0 Å². The largest absolute Gasteiger partial charge is 0.0898 e. The quantitative estimate of drug-likeness (QED) is 0.200. The minimum absolute atomic E-state index is 1.25. The molecule has 0 saturated carbocycles. The lowest BCUT2D eigenvalue weighted by Gasteiger charge is -2.18. The van der Waals surface area contributed by atoms with Crippen LogP contribution < -0.4 is 0 Å². The summed E-state index contributed by atoms with van der Waals surface area (Å²) in [4.78, 5) is 2.53. The molecule has 190 valence electrons. The second-order valence-electron chi connectivity index (χ2n) is 10.2. The van der Waals surface area contributed by atoms with E-state index in [2.05, 4.69) is 159 Å². The third kappa shape index (κ3) is 4.49. The molecule has 0 aliphatic carbocycles. The van der Waals surface area contributed by atoms with Gasteiger partial charge in [0, 0.05) is 9.79 Å². The first-order valence-corrected chi connectivity index (χ1v) is 14.5. The molecule has 7 aromatic rings. The number of rotatable bonds is 5. The Balaban J connectivity index is 1.31. The third-order valence-corrected chi connectivity index (χ3v) is 8.83. The predicted octanol–water partition coefficient (Wildman–Crippen LogP) is 11.5. The topological polar surface area (TPSA) is 0 Å². The smallest absolute Gasteiger partial charge is 0.0152 e. The minimum atomic E-state index is 1.25. The second-order valence-corrected chi connectivity index (χ2v) is 11.3. The van der Waals surface area contributed by atoms with Crippen LogP contribution in [0.2, 0.25) is 0 Å². The van der Waals surface area contributed by atoms with Gasteiger partial charge in [0.1, 0.15) is 0 Å². The normalized spacial score (nSPS) is 11.2. The van der Waals surface area contributed by atoms with Gasteiger partial charge in [-0.15, -0.1) is 0 Å². The third-order valence-electron chi connectivity index (χ3n) is 7.65. The molecule has 0 aromatic heterocycles. The summed E-state index contributed by atoms with van der Waals surface area (Å²) in [6.45, 7) is 2.23. The summed E-state index contributed by atoms with van der Waals surface area (Å²) in [6, 6.07) is 54.9. The van der Waals surface area contributed by atoms with Crippen molar-refractivity contribution >= 4 is 33.3 Å². The highest BCUT2D eigenvalue weighted by Crippen LogP contribution is 2.44. The van der Waals surface area contributed by atoms with E-state index in [1.807, 2.05) is 11.8 Å². The maximum atomic E-state index is 2.36. The molecule has 0 N–H and O–H groups in total. The van der Waals surface area contributed by atoms with Crippen molar-refractivity contribution in [2.24, 2.45) is 0 Å². The maximum absolute atomic E-state index is 2.36. The zero-order chi connectivity index (χ0) is 26.9. The summed E-state index contributed by atoms with van der Waals surface area (Å²) in [5.74, 6) is 0. The van der Waals surface area contributed by atoms with Crippen LogP contribution in [0.5, 0.6) is 0 Å². The van der Waals surface area contributed by atoms with E-state index in [1.54, 1.807) is 0 Å². The molecule has 0 saturated heterocycles. The number of hydrogen-bond acceptors (Lipinski definition) is 1. The first-order chi connectivity index (χ1) is 19.8. The van der Waals surface area contributed by atoms with Gasteiger partial charge in [0.25, 0.3) is 0 Å². The van der Waals surface area contributed by atoms with E-state index in [-0.39, 0.29) is 0 Å². The Labute approximate surface area is 240 Å². The lowest BCUT2D eigenvalue weighted by atomic mass is 9.86. The number of hydrogen-bond donors (Lipinski definition) is 0. The van der Waals surface area contributed by atoms with Crippen molar-refractivity contribution in [2.45, 2.75) is 16.7 Å². The minimum Gasteiger partial charge on any atom is -0.0898 e. The Morgan fingerprint density at radius 3 is 1.32 bits per heavy atom. The summed E-state index contributed by atoms with van der Waals surface area (Å²) in [7, 11) is 0. The first kappa shape index (κ1) is 24.5. The summed E-state index contributed by atoms with van der Waals surface area (Å²) in [5, 5.41) is 5.15. The average molecular weight is 529 g/mol. The molecule has 1 heteroatoms. The van der Waals surface area contributed by atoms with Gasteiger partial charge in [0.15, 0.2) is 0 Å². The average Bonchev–Trinajstić information content (AvgIpc) is 3.02. The Morgan fingerprint density at radius 2 is 0.800 bits per heavy atom. The van der Waals surface area contributed by atoms with E-state index in [0.29, 0.717) is 0 Å². The van der Waals surface area contributed by atoms with Crippen LogP contribution in [-0.4, -0.2) is 0 Å². The highest BCUT2D eigenvalue weighted by Gasteiger charge is 2.16. The van der Waals surface area contributed by atoms with E-state index < -0.39 is 0 Å². The highest BCUT2D eigenvalue weighted by molar-refractivity contribution is 7.99. The van der Waals surface area contributed by atoms with E-state index in [4.69, 9.17) is 0 Å². The zero-order valence-corrected chi connectivity index (χ0v) is 23.2. The van der Waals surface area contributed by atoms with E-state index in [0.717, 1.165) is 0 Å². The van der Waals surface area contributed by atoms with Crippen molar-refractivity contribution in [3.05, 3.63) is 157 Å². The van der Waals surface area contributed by atoms with E-state index >= 15 is 0 Å². The highest BCUT2D eigenvalue weighted by atomic mass is 32.2. The molecule has 0 radical (unpaired) electrons. The Morgan fingerprint density at radius 1 is 0.375 bits per heavy atom. The van der Waals surface area contributed by atoms with E-state index in [1.165, 1.54) is 70.3 Å². The predicted molar refractivity (Wildman–Crippen MR) is 173 cm³/mol. The lowest BCUT2D eigenvalue weighted by Crippen LogP contribution is -1.91. The summed E-state index contributed by atoms with van der Waals surface area (Å²) >= 11 is 1.83. The van der Waals surface area contributed by atoms with Crippen LogP contribution in [0.3, 0.4) is 0 Å². The molecule has 0 aliphatic rings. The Kier molecular flexibility index (Phi) is 6.43. The fraction of sp³-hybridized carbons (Fsp3) is 0.0256. The van der Waals surface area contributed by atoms with Crippen LogP contribution in [0.4, 0.5) is 0 Å². The number of benzene rings is 7. The molecule has 0 spiro atoms. The fourth-order valence-corrected chi connectivity index (χ4v) is 6.63. The van der Waals surface area contributed by atoms with Gasteiger partial charge in [-0.3, -0.25) is 0 Å². The molecule has 7 rings (SSSR count). The monoisotopic (exact) mass is 528 g/mol. The van der Waals surface area contributed by atoms with Crippen molar-refractivity contribution < 1.29 is 0 Å². The Hall–Kier alpha value is -4.59. The molecule has 0 fully saturated rings. The number of fused-ring (bicyclic) bond motifs is 2. The van der Waals surface area contributed by atoms with Gasteiger partial charge < -0.3 is 0 Å². The molecule has 0 heterocycles. The van der Waals surface area contributed by atoms with Gasteiger partial charge in [-0.2, -0.15) is 0 Å². The van der Waals surface area contributed by atoms with Crippen LogP contribution in [0.25, 0.3) is 54.9 Å². The van der Waals surface area contributed by atoms with Crippen molar-refractivity contribution in [3.63, 3.8) is 0 Å². The van der Waals surface area contributed by atoms with Crippen LogP contribution in [0.1, 0.15) is 5.56 Å². The molecule has 0 amide bonds. The van der Waals surface area contributed by atoms with Crippen LogP contribution in [0.15, 0.2) is 161 Å². The van der Waals surface area contributed by atoms with Gasteiger partial charge in [0.2, 0.25) is 0 Å². The summed E-state index contributed by atoms with van der Waals surface area (Å²) in [5.41, 5.74) is 8.90. The van der Waals surface area contributed by atoms with Crippen molar-refractivity contribution in [3.8, 4) is 33.4 Å². The molecular weight excluding hydrogens is 500 g/mol. The molecule has 0 atom stereocenters. The van der Waals surface area contributed by atoms with Gasteiger partial charge in [-0.1, -0.05) is 145 Å². The molecule has 7 aromatic carbocycles. The molecule has 0 nitrogen and oxygen atoms in total. The van der Waals surface area contributed by atoms with Crippen molar-refractivity contribution in [1.82, 2.24) is 0 Å². The molecular formula is C39H28S. The van der Waals surface area contributed by atoms with Gasteiger partial charge >= 0.3 is 0 Å². The number of aryl methyl sites for hydroxylation is 1. The Bertz CT molecular complexity index is 1900. The molecule has 0 unspecified atom stereocenters. The standard InChI is InChI=1S/C39H28S/c1-27-26-31(22-25-37(27)40-32-23-20-29(21-24-32)28-12-4-2-5-13-28)39-35-18-10-8-16-33(35)38(30-14-6-3-7-15-30)34-17-9-11-19-36(34)39/h2-26H,1H3. The van der Waals surface area contributed by atoms with Crippen LogP contribution >= 0.6 is 11.8 Å². The SMILES string of the molecule is Cc1cc(-c2c3ccccc3c(-c3ccccc3)c3ccccc23)ccc1Sc1ccc(-c2ccccc2)cc1. The molecule has 0 bridgehead atoms. The maximum Gasteiger partial charge on any atom is 0.0152 e. The molecule has 40 heavy (non-hydrogen) atoms. The summed E-state index contributed by atoms with van der Waals surface area (Å²) in [6.07, 6.45) is 0. The molecule has 0 aliphatic heterocycles. The fourth-order valence-electron chi connectivity index (χ4n) is 5.75. The van der Waals surface area contributed by atoms with Crippen LogP contribution in [0, 0.1) is 6.92 Å². The first-order valence-electron chi connectivity index (χ1n) is 13.7. The van der Waals surface area contributed by atoms with Crippen molar-refractivity contribution in [2.75, 3.05) is 0 Å². The van der Waals surface area contributed by atoms with E-state index in [9.17, 15) is 0 Å². The van der Waals surface area contributed by atoms with Crippen molar-refractivity contribution in [1.29, 1.82) is 0 Å². The van der Waals surface area contributed by atoms with Gasteiger partial charge in [-0.05, 0) is 85.6 Å². The lowest BCUT2D eigenvalue weighted by molar-refractivity contribution is 1.29. The van der Waals surface area contributed by atoms with Gasteiger partial charge in [0.05, 0.1) is 0 Å².